The monoisotopic (exact) mass is 302 g/mol. The Bertz CT molecular complexity index is 344. The minimum Gasteiger partial charge on any atom is -0.392 e. The number of sulfone groups is 1. The van der Waals surface area contributed by atoms with Gasteiger partial charge in [-0.05, 0) is 12.8 Å². The largest absolute Gasteiger partial charge is 0.403 e. The summed E-state index contributed by atoms with van der Waals surface area (Å²) in [5, 5.41) is 8.94. The third kappa shape index (κ3) is 6.43. The van der Waals surface area contributed by atoms with E-state index in [4.69, 9.17) is 5.11 Å². The Hall–Kier alpha value is -0.510. The van der Waals surface area contributed by atoms with Crippen molar-refractivity contribution in [2.24, 2.45) is 5.92 Å². The second-order valence-electron chi connectivity index (χ2n) is 3.90. The average molecular weight is 302 g/mol. The zero-order chi connectivity index (χ0) is 14.8. The van der Waals surface area contributed by atoms with E-state index < -0.39 is 52.8 Å². The fourth-order valence-corrected chi connectivity index (χ4v) is 2.03. The standard InChI is InChI=1S/C8H12F6O3S/c1-18(16,17)4-2-3-5(15)6(7(9,10)11)8(12,13)14/h5-6,15H,2-4H2,1H3. The number of rotatable bonds is 5. The molecule has 0 aliphatic carbocycles. The minimum atomic E-state index is -5.62. The average Bonchev–Trinajstić information content (AvgIpc) is 1.93. The second-order valence-corrected chi connectivity index (χ2v) is 6.16. The van der Waals surface area contributed by atoms with Gasteiger partial charge < -0.3 is 5.11 Å². The van der Waals surface area contributed by atoms with Crippen LogP contribution in [0.1, 0.15) is 12.8 Å². The van der Waals surface area contributed by atoms with Crippen LogP contribution in [0.5, 0.6) is 0 Å². The van der Waals surface area contributed by atoms with Crippen molar-refractivity contribution in [1.29, 1.82) is 0 Å². The zero-order valence-electron chi connectivity index (χ0n) is 9.22. The Labute approximate surface area is 99.7 Å². The van der Waals surface area contributed by atoms with Crippen molar-refractivity contribution in [2.75, 3.05) is 12.0 Å². The highest BCUT2D eigenvalue weighted by molar-refractivity contribution is 7.90. The van der Waals surface area contributed by atoms with Crippen molar-refractivity contribution in [3.63, 3.8) is 0 Å². The summed E-state index contributed by atoms with van der Waals surface area (Å²) in [5.74, 6) is -4.43. The van der Waals surface area contributed by atoms with Gasteiger partial charge in [0.25, 0.3) is 0 Å². The molecular formula is C8H12F6O3S. The van der Waals surface area contributed by atoms with E-state index in [1.54, 1.807) is 0 Å². The molecular weight excluding hydrogens is 290 g/mol. The molecule has 10 heteroatoms. The van der Waals surface area contributed by atoms with E-state index in [1.807, 2.05) is 0 Å². The Balaban J connectivity index is 4.66. The van der Waals surface area contributed by atoms with E-state index in [2.05, 4.69) is 0 Å². The molecule has 18 heavy (non-hydrogen) atoms. The van der Waals surface area contributed by atoms with Crippen molar-refractivity contribution in [3.8, 4) is 0 Å². The number of alkyl halides is 6. The molecule has 3 nitrogen and oxygen atoms in total. The number of halogens is 6. The smallest absolute Gasteiger partial charge is 0.392 e. The fourth-order valence-electron chi connectivity index (χ4n) is 1.34. The first-order valence-electron chi connectivity index (χ1n) is 4.74. The summed E-state index contributed by atoms with van der Waals surface area (Å²) in [6, 6.07) is 0. The lowest BCUT2D eigenvalue weighted by molar-refractivity contribution is -0.306. The van der Waals surface area contributed by atoms with E-state index >= 15 is 0 Å². The normalized spacial score (nSPS) is 16.1. The topological polar surface area (TPSA) is 54.4 Å². The molecule has 0 radical (unpaired) electrons. The predicted molar refractivity (Wildman–Crippen MR) is 50.6 cm³/mol. The molecule has 0 aromatic carbocycles. The highest BCUT2D eigenvalue weighted by Gasteiger charge is 2.59. The molecule has 0 amide bonds. The highest BCUT2D eigenvalue weighted by atomic mass is 32.2. The van der Waals surface area contributed by atoms with Crippen LogP contribution in [0.3, 0.4) is 0 Å². The molecule has 1 N–H and O–H groups in total. The Morgan fingerprint density at radius 1 is 1.06 bits per heavy atom. The van der Waals surface area contributed by atoms with Crippen LogP contribution >= 0.6 is 0 Å². The molecule has 1 atom stereocenters. The van der Waals surface area contributed by atoms with Crippen molar-refractivity contribution in [3.05, 3.63) is 0 Å². The van der Waals surface area contributed by atoms with Crippen LogP contribution in [-0.4, -0.2) is 44.0 Å². The molecule has 0 spiro atoms. The van der Waals surface area contributed by atoms with E-state index in [1.165, 1.54) is 0 Å². The van der Waals surface area contributed by atoms with Gasteiger partial charge in [0, 0.05) is 12.0 Å². The summed E-state index contributed by atoms with van der Waals surface area (Å²) in [5.41, 5.74) is 0. The molecule has 0 saturated carbocycles. The van der Waals surface area contributed by atoms with Gasteiger partial charge in [-0.15, -0.1) is 0 Å². The summed E-state index contributed by atoms with van der Waals surface area (Å²) in [6.45, 7) is 0. The summed E-state index contributed by atoms with van der Waals surface area (Å²) >= 11 is 0. The first kappa shape index (κ1) is 17.5. The van der Waals surface area contributed by atoms with Crippen LogP contribution < -0.4 is 0 Å². The molecule has 0 rings (SSSR count). The lowest BCUT2D eigenvalue weighted by atomic mass is 9.97. The van der Waals surface area contributed by atoms with Crippen molar-refractivity contribution >= 4 is 9.84 Å². The molecule has 0 aliphatic heterocycles. The van der Waals surface area contributed by atoms with Gasteiger partial charge in [0.15, 0.2) is 5.92 Å². The first-order valence-corrected chi connectivity index (χ1v) is 6.80. The first-order chi connectivity index (χ1) is 7.75. The van der Waals surface area contributed by atoms with E-state index in [0.29, 0.717) is 0 Å². The van der Waals surface area contributed by atoms with E-state index in [-0.39, 0.29) is 0 Å². The highest BCUT2D eigenvalue weighted by Crippen LogP contribution is 2.42. The van der Waals surface area contributed by atoms with Crippen molar-refractivity contribution in [2.45, 2.75) is 31.3 Å². The molecule has 1 unspecified atom stereocenters. The second kappa shape index (κ2) is 5.64. The number of hydrogen-bond acceptors (Lipinski definition) is 3. The van der Waals surface area contributed by atoms with Crippen LogP contribution in [0, 0.1) is 5.92 Å². The zero-order valence-corrected chi connectivity index (χ0v) is 10.0. The van der Waals surface area contributed by atoms with Gasteiger partial charge in [0.05, 0.1) is 6.10 Å². The molecule has 0 aromatic heterocycles. The maximum Gasteiger partial charge on any atom is 0.403 e. The predicted octanol–water partition coefficient (Wildman–Crippen LogP) is 1.91. The maximum atomic E-state index is 12.1. The van der Waals surface area contributed by atoms with E-state index in [0.717, 1.165) is 6.26 Å². The molecule has 0 saturated heterocycles. The molecule has 0 aromatic rings. The van der Waals surface area contributed by atoms with Crippen LogP contribution in [-0.2, 0) is 9.84 Å². The molecule has 0 heterocycles. The van der Waals surface area contributed by atoms with Gasteiger partial charge in [-0.25, -0.2) is 8.42 Å². The van der Waals surface area contributed by atoms with Gasteiger partial charge in [-0.2, -0.15) is 26.3 Å². The van der Waals surface area contributed by atoms with Crippen LogP contribution in [0.2, 0.25) is 0 Å². The van der Waals surface area contributed by atoms with Gasteiger partial charge in [-0.1, -0.05) is 0 Å². The van der Waals surface area contributed by atoms with Crippen LogP contribution in [0.15, 0.2) is 0 Å². The van der Waals surface area contributed by atoms with Crippen LogP contribution in [0.25, 0.3) is 0 Å². The Morgan fingerprint density at radius 3 is 1.72 bits per heavy atom. The SMILES string of the molecule is CS(=O)(=O)CCCC(O)C(C(F)(F)F)C(F)(F)F. The fraction of sp³-hybridized carbons (Fsp3) is 1.00. The number of hydrogen-bond donors (Lipinski definition) is 1. The lowest BCUT2D eigenvalue weighted by Crippen LogP contribution is -2.44. The number of aliphatic hydroxyl groups is 1. The molecule has 0 fully saturated rings. The molecule has 0 aliphatic rings. The van der Waals surface area contributed by atoms with Crippen molar-refractivity contribution < 1.29 is 39.9 Å². The molecule has 110 valence electrons. The summed E-state index contributed by atoms with van der Waals surface area (Å²) < 4.78 is 94.1. The van der Waals surface area contributed by atoms with Gasteiger partial charge in [0.2, 0.25) is 0 Å². The van der Waals surface area contributed by atoms with Crippen LogP contribution in [0.4, 0.5) is 26.3 Å². The van der Waals surface area contributed by atoms with E-state index in [9.17, 15) is 34.8 Å². The van der Waals surface area contributed by atoms with Crippen molar-refractivity contribution in [1.82, 2.24) is 0 Å². The summed E-state index contributed by atoms with van der Waals surface area (Å²) in [6.07, 6.45) is -14.5. The lowest BCUT2D eigenvalue weighted by Gasteiger charge is -2.27. The third-order valence-electron chi connectivity index (χ3n) is 2.11. The Morgan fingerprint density at radius 2 is 1.44 bits per heavy atom. The van der Waals surface area contributed by atoms with Gasteiger partial charge >= 0.3 is 12.4 Å². The minimum absolute atomic E-state index is 0.470. The summed E-state index contributed by atoms with van der Waals surface area (Å²) in [7, 11) is -3.49. The summed E-state index contributed by atoms with van der Waals surface area (Å²) in [4.78, 5) is 0. The maximum absolute atomic E-state index is 12.1. The third-order valence-corrected chi connectivity index (χ3v) is 3.14. The molecule has 0 bridgehead atoms. The van der Waals surface area contributed by atoms with Gasteiger partial charge in [0.1, 0.15) is 9.84 Å². The Kier molecular flexibility index (Phi) is 5.48. The quantitative estimate of drug-likeness (QED) is 0.789. The van der Waals surface area contributed by atoms with Gasteiger partial charge in [-0.3, -0.25) is 0 Å². The number of aliphatic hydroxyl groups excluding tert-OH is 1.